The molecule has 0 radical (unpaired) electrons. The summed E-state index contributed by atoms with van der Waals surface area (Å²) in [6.45, 7) is 2.16. The third-order valence-corrected chi connectivity index (χ3v) is 7.20. The molecule has 3 unspecified atom stereocenters. The fourth-order valence-electron chi connectivity index (χ4n) is 2.32. The molecule has 3 atom stereocenters. The van der Waals surface area contributed by atoms with Crippen LogP contribution >= 0.6 is 39.5 Å². The SMILES string of the molecule is CCC1SCCSC1C(O)Cc1ccc(Br)cc1F. The standard InChI is InChI=1S/C14H18BrFOS2/c1-2-13-14(19-6-5-18-13)12(17)7-9-3-4-10(15)8-11(9)16/h3-4,8,12-14,17H,2,5-7H2,1H3. The van der Waals surface area contributed by atoms with Crippen molar-refractivity contribution in [2.45, 2.75) is 36.4 Å². The van der Waals surface area contributed by atoms with Crippen LogP contribution in [0.2, 0.25) is 0 Å². The molecule has 0 aromatic heterocycles. The van der Waals surface area contributed by atoms with E-state index in [-0.39, 0.29) is 11.1 Å². The van der Waals surface area contributed by atoms with E-state index in [0.717, 1.165) is 22.4 Å². The van der Waals surface area contributed by atoms with Gasteiger partial charge in [0.05, 0.1) is 6.10 Å². The van der Waals surface area contributed by atoms with Gasteiger partial charge in [-0.05, 0) is 24.1 Å². The van der Waals surface area contributed by atoms with Crippen molar-refractivity contribution in [2.24, 2.45) is 0 Å². The van der Waals surface area contributed by atoms with Crippen LogP contribution in [0.1, 0.15) is 18.9 Å². The van der Waals surface area contributed by atoms with E-state index in [4.69, 9.17) is 0 Å². The number of benzene rings is 1. The van der Waals surface area contributed by atoms with Gasteiger partial charge in [0.2, 0.25) is 0 Å². The van der Waals surface area contributed by atoms with Crippen molar-refractivity contribution < 1.29 is 9.50 Å². The van der Waals surface area contributed by atoms with Gasteiger partial charge in [0.25, 0.3) is 0 Å². The molecule has 1 aromatic carbocycles. The molecule has 0 aliphatic carbocycles. The van der Waals surface area contributed by atoms with Gasteiger partial charge in [-0.15, -0.1) is 0 Å². The molecule has 1 heterocycles. The quantitative estimate of drug-likeness (QED) is 0.867. The molecule has 1 N–H and O–H groups in total. The van der Waals surface area contributed by atoms with E-state index in [1.165, 1.54) is 6.07 Å². The number of halogens is 2. The van der Waals surface area contributed by atoms with E-state index in [9.17, 15) is 9.50 Å². The highest BCUT2D eigenvalue weighted by molar-refractivity contribution is 9.10. The molecular weight excluding hydrogens is 347 g/mol. The Morgan fingerprint density at radius 1 is 1.42 bits per heavy atom. The zero-order chi connectivity index (χ0) is 13.8. The van der Waals surface area contributed by atoms with E-state index < -0.39 is 6.10 Å². The van der Waals surface area contributed by atoms with Crippen molar-refractivity contribution in [3.05, 3.63) is 34.1 Å². The van der Waals surface area contributed by atoms with Gasteiger partial charge in [-0.1, -0.05) is 28.9 Å². The molecule has 106 valence electrons. The first-order valence-electron chi connectivity index (χ1n) is 6.47. The van der Waals surface area contributed by atoms with Gasteiger partial charge in [-0.25, -0.2) is 4.39 Å². The lowest BCUT2D eigenvalue weighted by Gasteiger charge is -2.33. The molecule has 1 saturated heterocycles. The fraction of sp³-hybridized carbons (Fsp3) is 0.571. The minimum atomic E-state index is -0.474. The minimum Gasteiger partial charge on any atom is -0.392 e. The maximum Gasteiger partial charge on any atom is 0.127 e. The number of thioether (sulfide) groups is 2. The van der Waals surface area contributed by atoms with Crippen LogP contribution in [0.5, 0.6) is 0 Å². The molecule has 5 heteroatoms. The average molecular weight is 365 g/mol. The summed E-state index contributed by atoms with van der Waals surface area (Å²) in [7, 11) is 0. The van der Waals surface area contributed by atoms with Crippen LogP contribution in [-0.2, 0) is 6.42 Å². The van der Waals surface area contributed by atoms with Crippen LogP contribution in [0.15, 0.2) is 22.7 Å². The third kappa shape index (κ3) is 4.13. The van der Waals surface area contributed by atoms with Gasteiger partial charge in [-0.3, -0.25) is 0 Å². The number of hydrogen-bond acceptors (Lipinski definition) is 3. The summed E-state index contributed by atoms with van der Waals surface area (Å²) in [5, 5.41) is 11.1. The Hall–Kier alpha value is 0.290. The summed E-state index contributed by atoms with van der Waals surface area (Å²) in [5.74, 6) is 1.99. The van der Waals surface area contributed by atoms with Crippen LogP contribution in [0.4, 0.5) is 4.39 Å². The molecule has 0 spiro atoms. The number of aliphatic hydroxyl groups is 1. The summed E-state index contributed by atoms with van der Waals surface area (Å²) < 4.78 is 14.5. The summed E-state index contributed by atoms with van der Waals surface area (Å²) >= 11 is 7.01. The molecule has 2 rings (SSSR count). The van der Waals surface area contributed by atoms with Crippen LogP contribution in [0.3, 0.4) is 0 Å². The first-order chi connectivity index (χ1) is 9.11. The van der Waals surface area contributed by atoms with E-state index in [2.05, 4.69) is 22.9 Å². The van der Waals surface area contributed by atoms with Crippen molar-refractivity contribution in [1.29, 1.82) is 0 Å². The molecule has 1 aliphatic rings. The van der Waals surface area contributed by atoms with Gasteiger partial charge in [-0.2, -0.15) is 23.5 Å². The van der Waals surface area contributed by atoms with Gasteiger partial charge in [0, 0.05) is 32.9 Å². The van der Waals surface area contributed by atoms with Crippen LogP contribution < -0.4 is 0 Å². The van der Waals surface area contributed by atoms with E-state index in [1.54, 1.807) is 6.07 Å². The smallest absolute Gasteiger partial charge is 0.127 e. The third-order valence-electron chi connectivity index (χ3n) is 3.32. The Morgan fingerprint density at radius 2 is 2.16 bits per heavy atom. The van der Waals surface area contributed by atoms with Crippen LogP contribution in [0, 0.1) is 5.82 Å². The molecule has 0 saturated carbocycles. The predicted octanol–water partition coefficient (Wildman–Crippen LogP) is 4.12. The maximum absolute atomic E-state index is 13.8. The summed E-state index contributed by atoms with van der Waals surface area (Å²) in [5.41, 5.74) is 0.599. The molecule has 1 nitrogen and oxygen atoms in total. The normalized spacial score (nSPS) is 25.3. The van der Waals surface area contributed by atoms with Gasteiger partial charge in [0.1, 0.15) is 5.82 Å². The van der Waals surface area contributed by atoms with Crippen molar-refractivity contribution >= 4 is 39.5 Å². The van der Waals surface area contributed by atoms with Crippen molar-refractivity contribution in [3.8, 4) is 0 Å². The Labute approximate surface area is 130 Å². The largest absolute Gasteiger partial charge is 0.392 e. The van der Waals surface area contributed by atoms with Crippen molar-refractivity contribution in [2.75, 3.05) is 11.5 Å². The topological polar surface area (TPSA) is 20.2 Å². The number of hydrogen-bond donors (Lipinski definition) is 1. The van der Waals surface area contributed by atoms with Gasteiger partial charge < -0.3 is 5.11 Å². The second-order valence-electron chi connectivity index (χ2n) is 4.66. The highest BCUT2D eigenvalue weighted by Crippen LogP contribution is 2.36. The maximum atomic E-state index is 13.8. The lowest BCUT2D eigenvalue weighted by Crippen LogP contribution is -2.37. The van der Waals surface area contributed by atoms with E-state index in [0.29, 0.717) is 17.2 Å². The Balaban J connectivity index is 2.04. The molecule has 1 aliphatic heterocycles. The summed E-state index contributed by atoms with van der Waals surface area (Å²) in [6, 6.07) is 5.04. The predicted molar refractivity (Wildman–Crippen MR) is 86.6 cm³/mol. The lowest BCUT2D eigenvalue weighted by molar-refractivity contribution is 0.168. The molecule has 1 fully saturated rings. The van der Waals surface area contributed by atoms with E-state index in [1.807, 2.05) is 29.6 Å². The number of aliphatic hydroxyl groups excluding tert-OH is 1. The fourth-order valence-corrected chi connectivity index (χ4v) is 5.81. The lowest BCUT2D eigenvalue weighted by atomic mass is 10.0. The van der Waals surface area contributed by atoms with Crippen molar-refractivity contribution in [3.63, 3.8) is 0 Å². The minimum absolute atomic E-state index is 0.215. The first kappa shape index (κ1) is 15.7. The molecule has 0 amide bonds. The second-order valence-corrected chi connectivity index (χ2v) is 8.21. The Morgan fingerprint density at radius 3 is 2.84 bits per heavy atom. The Bertz CT molecular complexity index is 430. The van der Waals surface area contributed by atoms with Crippen molar-refractivity contribution in [1.82, 2.24) is 0 Å². The zero-order valence-corrected chi connectivity index (χ0v) is 14.0. The van der Waals surface area contributed by atoms with Gasteiger partial charge >= 0.3 is 0 Å². The second kappa shape index (κ2) is 7.34. The first-order valence-corrected chi connectivity index (χ1v) is 9.36. The summed E-state index contributed by atoms with van der Waals surface area (Å²) in [6.07, 6.45) is 0.981. The van der Waals surface area contributed by atoms with Gasteiger partial charge in [0.15, 0.2) is 0 Å². The highest BCUT2D eigenvalue weighted by Gasteiger charge is 2.31. The summed E-state index contributed by atoms with van der Waals surface area (Å²) in [4.78, 5) is 0. The van der Waals surface area contributed by atoms with E-state index >= 15 is 0 Å². The molecule has 0 bridgehead atoms. The Kier molecular flexibility index (Phi) is 6.06. The average Bonchev–Trinajstić information content (AvgIpc) is 2.41. The van der Waals surface area contributed by atoms with Crippen LogP contribution in [-0.4, -0.2) is 33.2 Å². The van der Waals surface area contributed by atoms with Crippen LogP contribution in [0.25, 0.3) is 0 Å². The molecule has 1 aromatic rings. The highest BCUT2D eigenvalue weighted by atomic mass is 79.9. The zero-order valence-electron chi connectivity index (χ0n) is 10.8. The monoisotopic (exact) mass is 364 g/mol. The molecule has 19 heavy (non-hydrogen) atoms. The number of rotatable bonds is 4. The molecular formula is C14H18BrFOS2.